The Labute approximate surface area is 109 Å². The maximum atomic E-state index is 12.2. The fourth-order valence-corrected chi connectivity index (χ4v) is 2.07. The third kappa shape index (κ3) is 4.31. The molecule has 0 aromatic heterocycles. The number of carbonyl (C=O) groups is 2. The van der Waals surface area contributed by atoms with Gasteiger partial charge in [-0.15, -0.1) is 0 Å². The van der Waals surface area contributed by atoms with E-state index >= 15 is 0 Å². The van der Waals surface area contributed by atoms with Gasteiger partial charge in [0, 0.05) is 5.92 Å². The molecule has 4 heteroatoms. The van der Waals surface area contributed by atoms with Crippen LogP contribution in [0.1, 0.15) is 60.3 Å². The van der Waals surface area contributed by atoms with Crippen LogP contribution >= 0.6 is 0 Å². The van der Waals surface area contributed by atoms with E-state index in [9.17, 15) is 9.59 Å². The summed E-state index contributed by atoms with van der Waals surface area (Å²) in [5, 5.41) is 2.76. The molecule has 0 bridgehead atoms. The molecule has 0 aliphatic heterocycles. The number of ether oxygens (including phenoxy) is 1. The average molecular weight is 255 g/mol. The van der Waals surface area contributed by atoms with E-state index in [1.54, 1.807) is 6.92 Å². The first kappa shape index (κ1) is 15.0. The number of nitrogens with one attached hydrogen (secondary N) is 1. The number of alkyl carbamates (subject to hydrolysis) is 1. The highest BCUT2D eigenvalue weighted by Gasteiger charge is 2.43. The van der Waals surface area contributed by atoms with Gasteiger partial charge >= 0.3 is 6.09 Å². The van der Waals surface area contributed by atoms with Crippen LogP contribution in [-0.4, -0.2) is 23.0 Å². The molecule has 1 atom stereocenters. The monoisotopic (exact) mass is 255 g/mol. The van der Waals surface area contributed by atoms with Gasteiger partial charge < -0.3 is 10.1 Å². The van der Waals surface area contributed by atoms with Crippen molar-refractivity contribution >= 4 is 11.9 Å². The molecule has 0 aromatic rings. The molecule has 1 N–H and O–H groups in total. The van der Waals surface area contributed by atoms with Gasteiger partial charge in [-0.05, 0) is 47.0 Å². The van der Waals surface area contributed by atoms with E-state index in [4.69, 9.17) is 4.74 Å². The summed E-state index contributed by atoms with van der Waals surface area (Å²) in [6, 6.07) is 0. The highest BCUT2D eigenvalue weighted by Crippen LogP contribution is 2.35. The predicted octanol–water partition coefficient (Wildman–Crippen LogP) is 3.05. The van der Waals surface area contributed by atoms with Crippen LogP contribution in [0.4, 0.5) is 4.79 Å². The van der Waals surface area contributed by atoms with E-state index in [1.807, 2.05) is 27.7 Å². The topological polar surface area (TPSA) is 55.4 Å². The maximum Gasteiger partial charge on any atom is 0.408 e. The molecule has 0 aromatic carbocycles. The van der Waals surface area contributed by atoms with Crippen LogP contribution in [0.15, 0.2) is 0 Å². The second kappa shape index (κ2) is 5.29. The Kier molecular flexibility index (Phi) is 4.41. The van der Waals surface area contributed by atoms with Crippen LogP contribution in [0.5, 0.6) is 0 Å². The lowest BCUT2D eigenvalue weighted by Crippen LogP contribution is -2.54. The summed E-state index contributed by atoms with van der Waals surface area (Å²) in [6.07, 6.45) is 2.90. The van der Waals surface area contributed by atoms with Gasteiger partial charge in [-0.2, -0.15) is 0 Å². The quantitative estimate of drug-likeness (QED) is 0.821. The molecule has 0 spiro atoms. The van der Waals surface area contributed by atoms with E-state index < -0.39 is 17.2 Å². The number of ketones is 1. The molecule has 4 nitrogen and oxygen atoms in total. The van der Waals surface area contributed by atoms with Gasteiger partial charge in [0.05, 0.1) is 5.54 Å². The Bertz CT molecular complexity index is 328. The zero-order valence-corrected chi connectivity index (χ0v) is 12.1. The maximum absolute atomic E-state index is 12.2. The average Bonchev–Trinajstić information content (AvgIpc) is 2.96. The minimum Gasteiger partial charge on any atom is -0.444 e. The minimum atomic E-state index is -0.780. The molecule has 1 fully saturated rings. The Morgan fingerprint density at radius 3 is 2.17 bits per heavy atom. The van der Waals surface area contributed by atoms with E-state index in [0.717, 1.165) is 19.3 Å². The van der Waals surface area contributed by atoms with Crippen molar-refractivity contribution in [3.8, 4) is 0 Å². The molecule has 1 aliphatic rings. The van der Waals surface area contributed by atoms with Gasteiger partial charge in [0.2, 0.25) is 0 Å². The number of rotatable bonds is 5. The lowest BCUT2D eigenvalue weighted by Gasteiger charge is -2.30. The summed E-state index contributed by atoms with van der Waals surface area (Å²) >= 11 is 0. The van der Waals surface area contributed by atoms with E-state index in [-0.39, 0.29) is 11.7 Å². The second-order valence-electron chi connectivity index (χ2n) is 6.35. The molecular weight excluding hydrogens is 230 g/mol. The molecule has 1 unspecified atom stereocenters. The van der Waals surface area contributed by atoms with Crippen LogP contribution in [0.3, 0.4) is 0 Å². The molecule has 1 rings (SSSR count). The van der Waals surface area contributed by atoms with Crippen molar-refractivity contribution in [1.82, 2.24) is 5.32 Å². The standard InChI is InChI=1S/C14H25NO3/c1-6-9-14(5,11(16)10-7-8-10)15-12(17)18-13(2,3)4/h10H,6-9H2,1-5H3,(H,15,17). The SMILES string of the molecule is CCCC(C)(NC(=O)OC(C)(C)C)C(=O)C1CC1. The summed E-state index contributed by atoms with van der Waals surface area (Å²) in [5.74, 6) is 0.284. The molecule has 18 heavy (non-hydrogen) atoms. The summed E-state index contributed by atoms with van der Waals surface area (Å²) in [4.78, 5) is 24.1. The largest absolute Gasteiger partial charge is 0.444 e. The van der Waals surface area contributed by atoms with E-state index in [2.05, 4.69) is 5.32 Å². The fourth-order valence-electron chi connectivity index (χ4n) is 2.07. The van der Waals surface area contributed by atoms with Crippen molar-refractivity contribution in [3.05, 3.63) is 0 Å². The first-order valence-electron chi connectivity index (χ1n) is 6.73. The number of hydrogen-bond donors (Lipinski definition) is 1. The Morgan fingerprint density at radius 2 is 1.78 bits per heavy atom. The van der Waals surface area contributed by atoms with Crippen LogP contribution in [0, 0.1) is 5.92 Å². The first-order chi connectivity index (χ1) is 8.18. The molecule has 104 valence electrons. The van der Waals surface area contributed by atoms with Gasteiger partial charge in [-0.3, -0.25) is 4.79 Å². The van der Waals surface area contributed by atoms with Crippen molar-refractivity contribution in [3.63, 3.8) is 0 Å². The summed E-state index contributed by atoms with van der Waals surface area (Å²) in [6.45, 7) is 9.25. The highest BCUT2D eigenvalue weighted by molar-refractivity contribution is 5.94. The molecule has 0 heterocycles. The van der Waals surface area contributed by atoms with E-state index in [1.165, 1.54) is 0 Å². The van der Waals surface area contributed by atoms with Crippen molar-refractivity contribution in [1.29, 1.82) is 0 Å². The summed E-state index contributed by atoms with van der Waals surface area (Å²) in [5.41, 5.74) is -1.32. The molecule has 1 saturated carbocycles. The number of amides is 1. The number of carbonyl (C=O) groups excluding carboxylic acids is 2. The zero-order valence-electron chi connectivity index (χ0n) is 12.1. The molecule has 0 radical (unpaired) electrons. The van der Waals surface area contributed by atoms with Gasteiger partial charge in [-0.25, -0.2) is 4.79 Å². The Morgan fingerprint density at radius 1 is 1.22 bits per heavy atom. The lowest BCUT2D eigenvalue weighted by molar-refractivity contribution is -0.126. The van der Waals surface area contributed by atoms with E-state index in [0.29, 0.717) is 6.42 Å². The van der Waals surface area contributed by atoms with Crippen molar-refractivity contribution < 1.29 is 14.3 Å². The predicted molar refractivity (Wildman–Crippen MR) is 70.4 cm³/mol. The smallest absolute Gasteiger partial charge is 0.408 e. The van der Waals surface area contributed by atoms with Crippen LogP contribution in [0.25, 0.3) is 0 Å². The third-order valence-electron chi connectivity index (χ3n) is 3.02. The van der Waals surface area contributed by atoms with Crippen LogP contribution in [-0.2, 0) is 9.53 Å². The first-order valence-corrected chi connectivity index (χ1v) is 6.73. The van der Waals surface area contributed by atoms with Crippen molar-refractivity contribution in [2.45, 2.75) is 71.4 Å². The van der Waals surface area contributed by atoms with Gasteiger partial charge in [0.25, 0.3) is 0 Å². The molecule has 1 amide bonds. The Hall–Kier alpha value is -1.06. The second-order valence-corrected chi connectivity index (χ2v) is 6.35. The van der Waals surface area contributed by atoms with Crippen LogP contribution < -0.4 is 5.32 Å². The summed E-state index contributed by atoms with van der Waals surface area (Å²) < 4.78 is 5.23. The van der Waals surface area contributed by atoms with Gasteiger partial charge in [0.15, 0.2) is 5.78 Å². The lowest BCUT2D eigenvalue weighted by atomic mass is 9.88. The fraction of sp³-hybridized carbons (Fsp3) is 0.857. The summed E-state index contributed by atoms with van der Waals surface area (Å²) in [7, 11) is 0. The highest BCUT2D eigenvalue weighted by atomic mass is 16.6. The zero-order chi connectivity index (χ0) is 14.0. The van der Waals surface area contributed by atoms with Crippen LogP contribution in [0.2, 0.25) is 0 Å². The molecule has 0 saturated heterocycles. The Balaban J connectivity index is 2.66. The minimum absolute atomic E-state index is 0.136. The van der Waals surface area contributed by atoms with Crippen molar-refractivity contribution in [2.24, 2.45) is 5.92 Å². The van der Waals surface area contributed by atoms with Crippen molar-refractivity contribution in [2.75, 3.05) is 0 Å². The third-order valence-corrected chi connectivity index (χ3v) is 3.02. The molecular formula is C14H25NO3. The number of Topliss-reactive ketones (excluding diaryl/α,β-unsaturated/α-hetero) is 1. The normalized spacial score (nSPS) is 18.9. The van der Waals surface area contributed by atoms with Gasteiger partial charge in [-0.1, -0.05) is 13.3 Å². The molecule has 1 aliphatic carbocycles. The number of hydrogen-bond acceptors (Lipinski definition) is 3. The van der Waals surface area contributed by atoms with Gasteiger partial charge in [0.1, 0.15) is 5.60 Å².